The third-order valence-electron chi connectivity index (χ3n) is 1.45. The van der Waals surface area contributed by atoms with Gasteiger partial charge in [0.25, 0.3) is 5.69 Å². The van der Waals surface area contributed by atoms with Crippen molar-refractivity contribution in [1.29, 1.82) is 0 Å². The summed E-state index contributed by atoms with van der Waals surface area (Å²) in [4.78, 5) is 20.0. The zero-order chi connectivity index (χ0) is 10.9. The van der Waals surface area contributed by atoms with Crippen LogP contribution < -0.4 is 5.11 Å². The summed E-state index contributed by atoms with van der Waals surface area (Å²) in [5.41, 5.74) is -0.974. The van der Waals surface area contributed by atoms with E-state index in [1.165, 1.54) is 0 Å². The van der Waals surface area contributed by atoms with Crippen molar-refractivity contribution in [2.75, 3.05) is 0 Å². The maximum atomic E-state index is 10.4. The molecule has 0 fully saturated rings. The fourth-order valence-corrected chi connectivity index (χ4v) is 1.36. The molecule has 1 rings (SSSR count). The zero-order valence-corrected chi connectivity index (χ0v) is 8.00. The van der Waals surface area contributed by atoms with Gasteiger partial charge in [-0.15, -0.1) is 0 Å². The number of carboxylic acid groups (broad SMARTS) is 1. The van der Waals surface area contributed by atoms with Crippen LogP contribution in [0.4, 0.5) is 5.69 Å². The summed E-state index contributed by atoms with van der Waals surface area (Å²) in [5, 5.41) is 20.4. The normalized spacial score (nSPS) is 9.86. The highest BCUT2D eigenvalue weighted by Crippen LogP contribution is 2.30. The summed E-state index contributed by atoms with van der Waals surface area (Å²) in [6, 6.07) is 1.76. The lowest BCUT2D eigenvalue weighted by atomic mass is 10.2. The van der Waals surface area contributed by atoms with Gasteiger partial charge in [0.2, 0.25) is 0 Å². The van der Waals surface area contributed by atoms with Gasteiger partial charge >= 0.3 is 0 Å². The van der Waals surface area contributed by atoms with Crippen molar-refractivity contribution in [1.82, 2.24) is 0 Å². The number of aromatic carboxylic acids is 1. The molecule has 0 aliphatic carbocycles. The number of benzene rings is 1. The number of halogens is 2. The zero-order valence-electron chi connectivity index (χ0n) is 6.49. The molecule has 0 bridgehead atoms. The largest absolute Gasteiger partial charge is 0.545 e. The molecule has 7 heteroatoms. The van der Waals surface area contributed by atoms with Crippen LogP contribution in [0.25, 0.3) is 0 Å². The number of rotatable bonds is 2. The highest BCUT2D eigenvalue weighted by Gasteiger charge is 2.16. The molecule has 0 heterocycles. The fraction of sp³-hybridized carbons (Fsp3) is 0. The van der Waals surface area contributed by atoms with E-state index in [4.69, 9.17) is 23.2 Å². The minimum Gasteiger partial charge on any atom is -0.545 e. The van der Waals surface area contributed by atoms with Crippen LogP contribution in [0.3, 0.4) is 0 Å². The summed E-state index contributed by atoms with van der Waals surface area (Å²) in [6.07, 6.45) is 0. The van der Waals surface area contributed by atoms with Crippen LogP contribution in [0.2, 0.25) is 10.0 Å². The van der Waals surface area contributed by atoms with E-state index in [-0.39, 0.29) is 10.0 Å². The summed E-state index contributed by atoms with van der Waals surface area (Å²) >= 11 is 10.9. The molecule has 0 saturated heterocycles. The molecule has 0 atom stereocenters. The number of nitrogens with zero attached hydrogens (tertiary/aromatic N) is 1. The molecule has 0 unspecified atom stereocenters. The molecule has 0 spiro atoms. The van der Waals surface area contributed by atoms with E-state index in [1.54, 1.807) is 0 Å². The van der Waals surface area contributed by atoms with Gasteiger partial charge in [0, 0.05) is 11.6 Å². The van der Waals surface area contributed by atoms with Crippen LogP contribution in [0.15, 0.2) is 12.1 Å². The quantitative estimate of drug-likeness (QED) is 0.570. The van der Waals surface area contributed by atoms with E-state index in [0.29, 0.717) is 0 Å². The lowest BCUT2D eigenvalue weighted by Crippen LogP contribution is -2.22. The molecule has 1 aromatic rings. The molecular formula is C7H2Cl2NO4-. The van der Waals surface area contributed by atoms with E-state index in [2.05, 4.69) is 0 Å². The predicted octanol–water partition coefficient (Wildman–Crippen LogP) is 1.27. The molecular weight excluding hydrogens is 233 g/mol. The minimum atomic E-state index is -1.59. The highest BCUT2D eigenvalue weighted by molar-refractivity contribution is 6.37. The van der Waals surface area contributed by atoms with Gasteiger partial charge in [-0.05, 0) is 6.07 Å². The molecule has 0 aliphatic heterocycles. The molecule has 0 aliphatic rings. The maximum Gasteiger partial charge on any atom is 0.288 e. The van der Waals surface area contributed by atoms with Crippen LogP contribution >= 0.6 is 23.2 Å². The van der Waals surface area contributed by atoms with E-state index in [9.17, 15) is 20.0 Å². The third kappa shape index (κ3) is 1.94. The predicted molar refractivity (Wildman–Crippen MR) is 47.4 cm³/mol. The second-order valence-electron chi connectivity index (χ2n) is 2.33. The highest BCUT2D eigenvalue weighted by atomic mass is 35.5. The lowest BCUT2D eigenvalue weighted by Gasteiger charge is -2.05. The minimum absolute atomic E-state index is 0.194. The number of carbonyl (C=O) groups is 1. The van der Waals surface area contributed by atoms with Crippen LogP contribution in [-0.4, -0.2) is 10.9 Å². The Labute approximate surface area is 88.0 Å². The van der Waals surface area contributed by atoms with Crippen LogP contribution in [0.1, 0.15) is 10.4 Å². The molecule has 5 nitrogen and oxygen atoms in total. The van der Waals surface area contributed by atoms with Crippen molar-refractivity contribution in [3.05, 3.63) is 37.9 Å². The number of hydrogen-bond donors (Lipinski definition) is 0. The summed E-state index contributed by atoms with van der Waals surface area (Å²) in [5.74, 6) is -1.59. The first-order chi connectivity index (χ1) is 6.43. The number of carbonyl (C=O) groups excluding carboxylic acids is 1. The smallest absolute Gasteiger partial charge is 0.288 e. The Hall–Kier alpha value is -1.33. The standard InChI is InChI=1S/C7H3Cl2NO4/c8-4-2-5(9)6(10(13)14)1-3(4)7(11)12/h1-2H,(H,11,12)/p-1. The van der Waals surface area contributed by atoms with Crippen molar-refractivity contribution in [3.63, 3.8) is 0 Å². The first kappa shape index (κ1) is 10.7. The first-order valence-electron chi connectivity index (χ1n) is 3.28. The van der Waals surface area contributed by atoms with E-state index in [1.807, 2.05) is 0 Å². The molecule has 0 amide bonds. The Bertz CT molecular complexity index is 383. The Balaban J connectivity index is 3.42. The summed E-state index contributed by atoms with van der Waals surface area (Å²) in [6.45, 7) is 0. The molecule has 14 heavy (non-hydrogen) atoms. The summed E-state index contributed by atoms with van der Waals surface area (Å²) < 4.78 is 0. The second kappa shape index (κ2) is 3.81. The average molecular weight is 235 g/mol. The van der Waals surface area contributed by atoms with Gasteiger partial charge in [-0.25, -0.2) is 0 Å². The van der Waals surface area contributed by atoms with Crippen molar-refractivity contribution < 1.29 is 14.8 Å². The van der Waals surface area contributed by atoms with Gasteiger partial charge in [-0.2, -0.15) is 0 Å². The summed E-state index contributed by atoms with van der Waals surface area (Å²) in [7, 11) is 0. The molecule has 1 aromatic carbocycles. The Morgan fingerprint density at radius 2 is 1.86 bits per heavy atom. The lowest BCUT2D eigenvalue weighted by molar-refractivity contribution is -0.384. The average Bonchev–Trinajstić information content (AvgIpc) is 2.02. The van der Waals surface area contributed by atoms with Crippen LogP contribution in [-0.2, 0) is 0 Å². The number of nitro benzene ring substituents is 1. The van der Waals surface area contributed by atoms with Gasteiger partial charge < -0.3 is 9.90 Å². The van der Waals surface area contributed by atoms with Gasteiger partial charge in [-0.1, -0.05) is 23.2 Å². The molecule has 0 N–H and O–H groups in total. The SMILES string of the molecule is O=C([O-])c1cc([N+](=O)[O-])c(Cl)cc1Cl. The monoisotopic (exact) mass is 234 g/mol. The van der Waals surface area contributed by atoms with E-state index >= 15 is 0 Å². The van der Waals surface area contributed by atoms with Gasteiger partial charge in [0.15, 0.2) is 0 Å². The van der Waals surface area contributed by atoms with Crippen molar-refractivity contribution in [2.24, 2.45) is 0 Å². The fourth-order valence-electron chi connectivity index (χ4n) is 0.834. The van der Waals surface area contributed by atoms with E-state index in [0.717, 1.165) is 12.1 Å². The van der Waals surface area contributed by atoms with Crippen LogP contribution in [0.5, 0.6) is 0 Å². The molecule has 0 radical (unpaired) electrons. The van der Waals surface area contributed by atoms with Gasteiger partial charge in [-0.3, -0.25) is 10.1 Å². The van der Waals surface area contributed by atoms with Crippen molar-refractivity contribution in [3.8, 4) is 0 Å². The molecule has 0 aromatic heterocycles. The Kier molecular flexibility index (Phi) is 2.93. The maximum absolute atomic E-state index is 10.4. The molecule has 0 saturated carbocycles. The van der Waals surface area contributed by atoms with Crippen molar-refractivity contribution in [2.45, 2.75) is 0 Å². The molecule has 74 valence electrons. The van der Waals surface area contributed by atoms with Gasteiger partial charge in [0.05, 0.1) is 15.9 Å². The Morgan fingerprint density at radius 1 is 1.29 bits per heavy atom. The number of carboxylic acids is 1. The Morgan fingerprint density at radius 3 is 2.29 bits per heavy atom. The van der Waals surface area contributed by atoms with Crippen LogP contribution in [0, 0.1) is 10.1 Å². The van der Waals surface area contributed by atoms with Gasteiger partial charge in [0.1, 0.15) is 5.02 Å². The topological polar surface area (TPSA) is 83.3 Å². The number of hydrogen-bond acceptors (Lipinski definition) is 4. The van der Waals surface area contributed by atoms with Crippen molar-refractivity contribution >= 4 is 34.9 Å². The third-order valence-corrected chi connectivity index (χ3v) is 2.07. The van der Waals surface area contributed by atoms with E-state index < -0.39 is 22.1 Å². The number of nitro groups is 1. The first-order valence-corrected chi connectivity index (χ1v) is 4.04. The second-order valence-corrected chi connectivity index (χ2v) is 3.14.